The van der Waals surface area contributed by atoms with Crippen molar-refractivity contribution in [1.82, 2.24) is 10.3 Å². The summed E-state index contributed by atoms with van der Waals surface area (Å²) in [6.07, 6.45) is 1.80. The molecule has 1 unspecified atom stereocenters. The van der Waals surface area contributed by atoms with E-state index in [1.165, 1.54) is 33.6 Å². The predicted octanol–water partition coefficient (Wildman–Crippen LogP) is 3.67. The number of aromatic nitrogens is 1. The highest BCUT2D eigenvalue weighted by Gasteiger charge is 2.42. The predicted molar refractivity (Wildman–Crippen MR) is 112 cm³/mol. The zero-order valence-electron chi connectivity index (χ0n) is 15.6. The summed E-state index contributed by atoms with van der Waals surface area (Å²) < 4.78 is 0. The van der Waals surface area contributed by atoms with E-state index < -0.39 is 0 Å². The summed E-state index contributed by atoms with van der Waals surface area (Å²) >= 11 is 1.51. The summed E-state index contributed by atoms with van der Waals surface area (Å²) in [6, 6.07) is 17.6. The van der Waals surface area contributed by atoms with E-state index in [1.807, 2.05) is 5.38 Å². The fraction of sp³-hybridized carbons (Fsp3) is 0.304. The number of nitrogens with one attached hydrogen (secondary N) is 1. The molecular formula is C23H23N3OS. The molecule has 6 rings (SSSR count). The summed E-state index contributed by atoms with van der Waals surface area (Å²) in [7, 11) is 0. The van der Waals surface area contributed by atoms with Gasteiger partial charge in [0.05, 0.1) is 5.01 Å². The van der Waals surface area contributed by atoms with Gasteiger partial charge in [-0.3, -0.25) is 4.79 Å². The fourth-order valence-corrected chi connectivity index (χ4v) is 5.72. The highest BCUT2D eigenvalue weighted by molar-refractivity contribution is 7.09. The van der Waals surface area contributed by atoms with Crippen LogP contribution >= 0.6 is 11.3 Å². The van der Waals surface area contributed by atoms with Crippen LogP contribution < -0.4 is 11.1 Å². The Hall–Kier alpha value is -2.50. The van der Waals surface area contributed by atoms with Gasteiger partial charge in [-0.2, -0.15) is 0 Å². The fourth-order valence-electron chi connectivity index (χ4n) is 4.93. The molecule has 0 fully saturated rings. The van der Waals surface area contributed by atoms with Crippen molar-refractivity contribution in [2.45, 2.75) is 24.7 Å². The first-order chi connectivity index (χ1) is 13.8. The molecule has 0 aliphatic heterocycles. The molecule has 0 spiro atoms. The third kappa shape index (κ3) is 2.86. The Bertz CT molecular complexity index is 980. The number of rotatable bonds is 5. The number of thiazole rings is 1. The van der Waals surface area contributed by atoms with Crippen molar-refractivity contribution >= 4 is 17.2 Å². The van der Waals surface area contributed by atoms with Crippen LogP contribution in [-0.2, 0) is 6.42 Å². The Balaban J connectivity index is 1.38. The first kappa shape index (κ1) is 17.6. The van der Waals surface area contributed by atoms with Gasteiger partial charge in [-0.05, 0) is 41.1 Å². The van der Waals surface area contributed by atoms with Crippen molar-refractivity contribution in [1.29, 1.82) is 0 Å². The quantitative estimate of drug-likeness (QED) is 0.700. The number of fused-ring (bicyclic) bond motifs is 1. The molecular weight excluding hydrogens is 366 g/mol. The number of carbonyl (C=O) groups is 1. The Kier molecular flexibility index (Phi) is 4.49. The van der Waals surface area contributed by atoms with Crippen molar-refractivity contribution in [3.05, 3.63) is 86.9 Å². The van der Waals surface area contributed by atoms with E-state index in [1.54, 1.807) is 0 Å². The molecule has 3 aliphatic rings. The van der Waals surface area contributed by atoms with Crippen molar-refractivity contribution in [3.63, 3.8) is 0 Å². The SMILES string of the molecule is NCCc1nc(C(=O)NCC2CC3c4ccccc4C2c2ccccc23)cs1. The molecule has 28 heavy (non-hydrogen) atoms. The lowest BCUT2D eigenvalue weighted by Crippen LogP contribution is -2.39. The van der Waals surface area contributed by atoms with Gasteiger partial charge in [0.15, 0.2) is 0 Å². The van der Waals surface area contributed by atoms with Crippen LogP contribution in [0, 0.1) is 5.92 Å². The molecule has 3 aliphatic carbocycles. The number of hydrogen-bond donors (Lipinski definition) is 2. The van der Waals surface area contributed by atoms with Crippen LogP contribution in [0.2, 0.25) is 0 Å². The Morgan fingerprint density at radius 1 is 1.07 bits per heavy atom. The molecule has 4 nitrogen and oxygen atoms in total. The second kappa shape index (κ2) is 7.15. The number of amides is 1. The van der Waals surface area contributed by atoms with Crippen LogP contribution in [0.4, 0.5) is 0 Å². The normalized spacial score (nSPS) is 21.8. The van der Waals surface area contributed by atoms with Crippen LogP contribution in [0.3, 0.4) is 0 Å². The molecule has 1 heterocycles. The van der Waals surface area contributed by atoms with Crippen molar-refractivity contribution in [3.8, 4) is 0 Å². The maximum atomic E-state index is 12.6. The molecule has 5 heteroatoms. The minimum absolute atomic E-state index is 0.0810. The van der Waals surface area contributed by atoms with E-state index in [4.69, 9.17) is 5.73 Å². The van der Waals surface area contributed by atoms with Crippen molar-refractivity contribution in [2.24, 2.45) is 11.7 Å². The van der Waals surface area contributed by atoms with Crippen LogP contribution in [0.5, 0.6) is 0 Å². The summed E-state index contributed by atoms with van der Waals surface area (Å²) in [5.41, 5.74) is 11.9. The average Bonchev–Trinajstić information content (AvgIpc) is 3.21. The zero-order valence-corrected chi connectivity index (χ0v) is 16.4. The number of carbonyl (C=O) groups excluding carboxylic acids is 1. The van der Waals surface area contributed by atoms with E-state index in [9.17, 15) is 4.79 Å². The molecule has 0 saturated heterocycles. The minimum atomic E-state index is -0.0810. The standard InChI is InChI=1S/C23H23N3OS/c24-10-9-21-26-20(13-28-21)23(27)25-12-14-11-19-15-5-1-3-7-17(15)22(14)18-8-4-2-6-16(18)19/h1-8,13-14,19,22H,9-12,24H2,(H,25,27). The number of nitrogens with two attached hydrogens (primary N) is 1. The van der Waals surface area contributed by atoms with Gasteiger partial charge in [0.2, 0.25) is 0 Å². The lowest BCUT2D eigenvalue weighted by molar-refractivity contribution is 0.0938. The zero-order chi connectivity index (χ0) is 19.1. The summed E-state index contributed by atoms with van der Waals surface area (Å²) in [5.74, 6) is 1.10. The van der Waals surface area contributed by atoms with Gasteiger partial charge in [-0.1, -0.05) is 48.5 Å². The smallest absolute Gasteiger partial charge is 0.270 e. The maximum absolute atomic E-state index is 12.6. The molecule has 3 aromatic rings. The first-order valence-corrected chi connectivity index (χ1v) is 10.7. The van der Waals surface area contributed by atoms with Gasteiger partial charge in [0.25, 0.3) is 5.91 Å². The largest absolute Gasteiger partial charge is 0.350 e. The van der Waals surface area contributed by atoms with Gasteiger partial charge in [-0.15, -0.1) is 11.3 Å². The summed E-state index contributed by atoms with van der Waals surface area (Å²) in [4.78, 5) is 17.0. The third-order valence-corrected chi connectivity index (χ3v) is 7.00. The summed E-state index contributed by atoms with van der Waals surface area (Å²) in [6.45, 7) is 1.23. The van der Waals surface area contributed by atoms with E-state index in [0.29, 0.717) is 36.5 Å². The monoisotopic (exact) mass is 389 g/mol. The van der Waals surface area contributed by atoms with Gasteiger partial charge < -0.3 is 11.1 Å². The second-order valence-corrected chi connectivity index (χ2v) is 8.60. The molecule has 142 valence electrons. The molecule has 1 atom stereocenters. The topological polar surface area (TPSA) is 68.0 Å². The molecule has 1 amide bonds. The average molecular weight is 390 g/mol. The van der Waals surface area contributed by atoms with Crippen molar-refractivity contribution < 1.29 is 4.79 Å². The highest BCUT2D eigenvalue weighted by atomic mass is 32.1. The Morgan fingerprint density at radius 2 is 1.71 bits per heavy atom. The van der Waals surface area contributed by atoms with E-state index in [0.717, 1.165) is 17.8 Å². The maximum Gasteiger partial charge on any atom is 0.270 e. The van der Waals surface area contributed by atoms with E-state index in [2.05, 4.69) is 58.8 Å². The van der Waals surface area contributed by atoms with Crippen molar-refractivity contribution in [2.75, 3.05) is 13.1 Å². The Labute approximate surface area is 168 Å². The Morgan fingerprint density at radius 3 is 2.36 bits per heavy atom. The lowest BCUT2D eigenvalue weighted by atomic mass is 9.59. The van der Waals surface area contributed by atoms with Crippen LogP contribution in [0.15, 0.2) is 53.9 Å². The minimum Gasteiger partial charge on any atom is -0.350 e. The van der Waals surface area contributed by atoms with Gasteiger partial charge >= 0.3 is 0 Å². The van der Waals surface area contributed by atoms with Crippen LogP contribution in [0.25, 0.3) is 0 Å². The molecule has 1 aromatic heterocycles. The van der Waals surface area contributed by atoms with Gasteiger partial charge in [-0.25, -0.2) is 4.98 Å². The molecule has 2 aromatic carbocycles. The van der Waals surface area contributed by atoms with Gasteiger partial charge in [0.1, 0.15) is 5.69 Å². The van der Waals surface area contributed by atoms with Gasteiger partial charge in [0, 0.05) is 30.2 Å². The highest BCUT2D eigenvalue weighted by Crippen LogP contribution is 2.55. The number of nitrogens with zero attached hydrogens (tertiary/aromatic N) is 1. The summed E-state index contributed by atoms with van der Waals surface area (Å²) in [5, 5.41) is 5.90. The molecule has 0 radical (unpaired) electrons. The molecule has 0 saturated carbocycles. The third-order valence-electron chi connectivity index (χ3n) is 6.09. The molecule has 3 N–H and O–H groups in total. The first-order valence-electron chi connectivity index (χ1n) is 9.86. The van der Waals surface area contributed by atoms with E-state index in [-0.39, 0.29) is 5.91 Å². The number of hydrogen-bond acceptors (Lipinski definition) is 4. The lowest BCUT2D eigenvalue weighted by Gasteiger charge is -2.45. The number of benzene rings is 2. The van der Waals surface area contributed by atoms with Crippen LogP contribution in [-0.4, -0.2) is 24.0 Å². The van der Waals surface area contributed by atoms with Crippen LogP contribution in [0.1, 0.15) is 56.0 Å². The second-order valence-electron chi connectivity index (χ2n) is 7.66. The van der Waals surface area contributed by atoms with E-state index >= 15 is 0 Å². The molecule has 2 bridgehead atoms.